The molecular weight excluding hydrogens is 400 g/mol. The Bertz CT molecular complexity index is 1030. The van der Waals surface area contributed by atoms with Crippen molar-refractivity contribution in [2.75, 3.05) is 12.4 Å². The summed E-state index contributed by atoms with van der Waals surface area (Å²) in [6.45, 7) is 6.02. The second-order valence-electron chi connectivity index (χ2n) is 7.88. The predicted molar refractivity (Wildman–Crippen MR) is 118 cm³/mol. The summed E-state index contributed by atoms with van der Waals surface area (Å²) in [6, 6.07) is 13.1. The van der Waals surface area contributed by atoms with Gasteiger partial charge in [-0.2, -0.15) is 0 Å². The first-order chi connectivity index (χ1) is 14.2. The van der Waals surface area contributed by atoms with Gasteiger partial charge in [0.05, 0.1) is 29.8 Å². The number of amides is 1. The Kier molecular flexibility index (Phi) is 6.51. The molecule has 7 heteroatoms. The minimum absolute atomic E-state index is 0.107. The van der Waals surface area contributed by atoms with Crippen molar-refractivity contribution in [3.8, 4) is 5.75 Å². The van der Waals surface area contributed by atoms with Crippen molar-refractivity contribution in [2.45, 2.75) is 44.2 Å². The molecule has 0 aromatic heterocycles. The summed E-state index contributed by atoms with van der Waals surface area (Å²) in [5.74, 6) is 0.411. The van der Waals surface area contributed by atoms with Gasteiger partial charge in [-0.1, -0.05) is 49.8 Å². The molecule has 3 rings (SSSR count). The van der Waals surface area contributed by atoms with E-state index in [1.165, 1.54) is 6.08 Å². The number of anilines is 1. The van der Waals surface area contributed by atoms with E-state index in [0.29, 0.717) is 12.2 Å². The van der Waals surface area contributed by atoms with Gasteiger partial charge in [0.1, 0.15) is 5.75 Å². The maximum atomic E-state index is 13.3. The van der Waals surface area contributed by atoms with Gasteiger partial charge >= 0.3 is 0 Å². The molecule has 0 saturated heterocycles. The Morgan fingerprint density at radius 2 is 1.77 bits per heavy atom. The number of sulfonamides is 1. The summed E-state index contributed by atoms with van der Waals surface area (Å²) in [5.41, 5.74) is 1.71. The highest BCUT2D eigenvalue weighted by molar-refractivity contribution is 7.89. The lowest BCUT2D eigenvalue weighted by Crippen LogP contribution is -2.48. The van der Waals surface area contributed by atoms with Crippen molar-refractivity contribution < 1.29 is 17.9 Å². The van der Waals surface area contributed by atoms with E-state index in [2.05, 4.69) is 19.2 Å². The number of benzene rings is 2. The van der Waals surface area contributed by atoms with Crippen LogP contribution >= 0.6 is 0 Å². The van der Waals surface area contributed by atoms with Crippen molar-refractivity contribution in [1.29, 1.82) is 0 Å². The molecule has 1 heterocycles. The zero-order valence-corrected chi connectivity index (χ0v) is 18.5. The number of aryl methyl sites for hydroxylation is 1. The quantitative estimate of drug-likeness (QED) is 0.688. The third-order valence-corrected chi connectivity index (χ3v) is 6.90. The number of hydrogen-bond donors (Lipinski definition) is 1. The second-order valence-corrected chi connectivity index (χ2v) is 9.70. The summed E-state index contributed by atoms with van der Waals surface area (Å²) in [6.07, 6.45) is 3.68. The van der Waals surface area contributed by atoms with Gasteiger partial charge in [0.25, 0.3) is 15.9 Å². The van der Waals surface area contributed by atoms with Crippen molar-refractivity contribution in [1.82, 2.24) is 4.31 Å². The Labute approximate surface area is 178 Å². The molecule has 160 valence electrons. The van der Waals surface area contributed by atoms with Gasteiger partial charge in [-0.3, -0.25) is 4.79 Å². The molecule has 0 aliphatic carbocycles. The molecule has 1 amide bonds. The van der Waals surface area contributed by atoms with Crippen LogP contribution in [-0.2, 0) is 14.8 Å². The summed E-state index contributed by atoms with van der Waals surface area (Å²) in [4.78, 5) is 12.8. The van der Waals surface area contributed by atoms with Crippen LogP contribution < -0.4 is 10.1 Å². The average Bonchev–Trinajstić information content (AvgIpc) is 3.10. The van der Waals surface area contributed by atoms with Gasteiger partial charge in [-0.25, -0.2) is 12.7 Å². The van der Waals surface area contributed by atoms with E-state index in [9.17, 15) is 13.2 Å². The first kappa shape index (κ1) is 21.9. The van der Waals surface area contributed by atoms with Gasteiger partial charge in [0.15, 0.2) is 0 Å². The molecule has 0 spiro atoms. The summed E-state index contributed by atoms with van der Waals surface area (Å²) in [5, 5.41) is 3.42. The van der Waals surface area contributed by atoms with Crippen molar-refractivity contribution in [2.24, 2.45) is 5.92 Å². The zero-order valence-electron chi connectivity index (χ0n) is 17.7. The fourth-order valence-electron chi connectivity index (χ4n) is 3.63. The fraction of sp³-hybridized carbons (Fsp3) is 0.348. The van der Waals surface area contributed by atoms with E-state index in [-0.39, 0.29) is 16.9 Å². The molecular formula is C23H28N2O4S. The SMILES string of the molecule is COc1ccccc1N[C@@H](CC(C)C)[C@H]1C=CC(=O)N1S(=O)(=O)c1ccc(C)cc1. The van der Waals surface area contributed by atoms with Crippen LogP contribution in [0.25, 0.3) is 0 Å². The van der Waals surface area contributed by atoms with Crippen molar-refractivity contribution in [3.05, 3.63) is 66.2 Å². The molecule has 6 nitrogen and oxygen atoms in total. The van der Waals surface area contributed by atoms with Crippen LogP contribution in [0.3, 0.4) is 0 Å². The number of methoxy groups -OCH3 is 1. The van der Waals surface area contributed by atoms with E-state index in [4.69, 9.17) is 4.74 Å². The normalized spacial score (nSPS) is 17.4. The Balaban J connectivity index is 1.98. The maximum absolute atomic E-state index is 13.3. The molecule has 2 aromatic carbocycles. The summed E-state index contributed by atoms with van der Waals surface area (Å²) in [7, 11) is -2.40. The lowest BCUT2D eigenvalue weighted by Gasteiger charge is -2.33. The molecule has 1 N–H and O–H groups in total. The monoisotopic (exact) mass is 428 g/mol. The smallest absolute Gasteiger partial charge is 0.267 e. The topological polar surface area (TPSA) is 75.7 Å². The number of ether oxygens (including phenoxy) is 1. The molecule has 1 aliphatic rings. The summed E-state index contributed by atoms with van der Waals surface area (Å²) >= 11 is 0. The number of nitrogens with one attached hydrogen (secondary N) is 1. The number of hydrogen-bond acceptors (Lipinski definition) is 5. The van der Waals surface area contributed by atoms with Gasteiger partial charge in [0, 0.05) is 6.08 Å². The third kappa shape index (κ3) is 4.51. The highest BCUT2D eigenvalue weighted by atomic mass is 32.2. The highest BCUT2D eigenvalue weighted by Gasteiger charge is 2.41. The first-order valence-electron chi connectivity index (χ1n) is 9.97. The lowest BCUT2D eigenvalue weighted by atomic mass is 9.97. The molecule has 0 unspecified atom stereocenters. The number of rotatable bonds is 8. The van der Waals surface area contributed by atoms with E-state index in [1.54, 1.807) is 37.5 Å². The molecule has 0 radical (unpaired) electrons. The molecule has 2 aromatic rings. The van der Waals surface area contributed by atoms with Crippen molar-refractivity contribution >= 4 is 21.6 Å². The van der Waals surface area contributed by atoms with E-state index in [0.717, 1.165) is 15.6 Å². The largest absolute Gasteiger partial charge is 0.495 e. The average molecular weight is 429 g/mol. The molecule has 30 heavy (non-hydrogen) atoms. The van der Waals surface area contributed by atoms with Crippen LogP contribution in [0.15, 0.2) is 65.6 Å². The van der Waals surface area contributed by atoms with Crippen molar-refractivity contribution in [3.63, 3.8) is 0 Å². The predicted octanol–water partition coefficient (Wildman–Crippen LogP) is 3.99. The molecule has 0 fully saturated rings. The second kappa shape index (κ2) is 8.92. The number of carbonyl (C=O) groups excluding carboxylic acids is 1. The Morgan fingerprint density at radius 1 is 1.10 bits per heavy atom. The van der Waals surface area contributed by atoms with E-state index in [1.807, 2.05) is 31.2 Å². The van der Waals surface area contributed by atoms with E-state index >= 15 is 0 Å². The maximum Gasteiger partial charge on any atom is 0.267 e. The van der Waals surface area contributed by atoms with Gasteiger partial charge in [-0.15, -0.1) is 0 Å². The van der Waals surface area contributed by atoms with E-state index < -0.39 is 22.0 Å². The summed E-state index contributed by atoms with van der Waals surface area (Å²) < 4.78 is 33.1. The minimum Gasteiger partial charge on any atom is -0.495 e. The van der Waals surface area contributed by atoms with Crippen LogP contribution in [0.2, 0.25) is 0 Å². The molecule has 0 bridgehead atoms. The highest BCUT2D eigenvalue weighted by Crippen LogP contribution is 2.31. The van der Waals surface area contributed by atoms with Gasteiger partial charge in [0.2, 0.25) is 0 Å². The number of nitrogens with zero attached hydrogens (tertiary/aromatic N) is 1. The van der Waals surface area contributed by atoms with Crippen LogP contribution in [0.4, 0.5) is 5.69 Å². The minimum atomic E-state index is -3.99. The molecule has 0 saturated carbocycles. The first-order valence-corrected chi connectivity index (χ1v) is 11.4. The fourth-order valence-corrected chi connectivity index (χ4v) is 5.18. The van der Waals surface area contributed by atoms with Crippen LogP contribution in [0.1, 0.15) is 25.8 Å². The molecule has 1 aliphatic heterocycles. The standard InChI is InChI=1S/C23H28N2O4S/c1-16(2)15-20(24-19-7-5-6-8-22(19)29-4)21-13-14-23(26)25(21)30(27,28)18-11-9-17(3)10-12-18/h5-14,16,20-21,24H,15H2,1-4H3/t20-,21+/m0/s1. The van der Waals surface area contributed by atoms with Crippen LogP contribution in [0, 0.1) is 12.8 Å². The lowest BCUT2D eigenvalue weighted by molar-refractivity contribution is -0.121. The third-order valence-electron chi connectivity index (χ3n) is 5.09. The Hall–Kier alpha value is -2.80. The number of para-hydroxylation sites is 2. The number of carbonyl (C=O) groups is 1. The van der Waals surface area contributed by atoms with Gasteiger partial charge in [-0.05, 0) is 43.5 Å². The Morgan fingerprint density at radius 3 is 2.40 bits per heavy atom. The van der Waals surface area contributed by atoms with Crippen LogP contribution in [-0.4, -0.2) is 37.8 Å². The van der Waals surface area contributed by atoms with Crippen LogP contribution in [0.5, 0.6) is 5.75 Å². The van der Waals surface area contributed by atoms with Gasteiger partial charge < -0.3 is 10.1 Å². The molecule has 2 atom stereocenters. The zero-order chi connectivity index (χ0) is 21.9.